The Balaban J connectivity index is 2.08. The summed E-state index contributed by atoms with van der Waals surface area (Å²) >= 11 is 6.00. The second-order valence-corrected chi connectivity index (χ2v) is 6.42. The van der Waals surface area contributed by atoms with Gasteiger partial charge in [0, 0.05) is 31.3 Å². The van der Waals surface area contributed by atoms with Crippen molar-refractivity contribution in [2.24, 2.45) is 0 Å². The van der Waals surface area contributed by atoms with Crippen LogP contribution in [-0.2, 0) is 14.9 Å². The molecule has 0 radical (unpaired) electrons. The minimum absolute atomic E-state index is 0.107. The molecule has 1 amide bonds. The molecular formula is C18H27ClN2O2. The molecule has 1 heterocycles. The summed E-state index contributed by atoms with van der Waals surface area (Å²) in [6.45, 7) is 9.07. The van der Waals surface area contributed by atoms with Crippen LogP contribution < -0.4 is 5.32 Å². The molecule has 0 bridgehead atoms. The number of likely N-dealkylation sites (N-methyl/N-ethyl adjacent to an activating group) is 1. The summed E-state index contributed by atoms with van der Waals surface area (Å²) < 4.78 is 5.48. The van der Waals surface area contributed by atoms with Crippen LogP contribution in [0.2, 0.25) is 5.02 Å². The number of carbonyl (C=O) groups excluding carboxylic acids is 1. The van der Waals surface area contributed by atoms with Gasteiger partial charge < -0.3 is 15.0 Å². The van der Waals surface area contributed by atoms with Gasteiger partial charge in [0.2, 0.25) is 5.91 Å². The Labute approximate surface area is 144 Å². The zero-order chi connectivity index (χ0) is 16.7. The summed E-state index contributed by atoms with van der Waals surface area (Å²) in [4.78, 5) is 15.3. The van der Waals surface area contributed by atoms with Crippen LogP contribution in [0.3, 0.4) is 0 Å². The number of amides is 1. The number of halogens is 1. The first kappa shape index (κ1) is 18.2. The van der Waals surface area contributed by atoms with Gasteiger partial charge in [-0.3, -0.25) is 4.79 Å². The summed E-state index contributed by atoms with van der Waals surface area (Å²) in [5, 5.41) is 3.83. The topological polar surface area (TPSA) is 41.6 Å². The standard InChI is InChI=1S/C18H27ClN2O2/c1-3-21(4-2)12-11-20-17(22)18(9-13-23-14-10-18)15-5-7-16(19)8-6-15/h5-8H,3-4,9-14H2,1-2H3,(H,20,22). The molecule has 1 fully saturated rings. The van der Waals surface area contributed by atoms with Crippen LogP contribution in [0.15, 0.2) is 24.3 Å². The SMILES string of the molecule is CCN(CC)CCNC(=O)C1(c2ccc(Cl)cc2)CCOCC1. The molecular weight excluding hydrogens is 312 g/mol. The van der Waals surface area contributed by atoms with Gasteiger partial charge >= 0.3 is 0 Å². The van der Waals surface area contributed by atoms with E-state index in [-0.39, 0.29) is 5.91 Å². The van der Waals surface area contributed by atoms with Gasteiger partial charge in [0.25, 0.3) is 0 Å². The third-order valence-electron chi connectivity index (χ3n) is 4.79. The van der Waals surface area contributed by atoms with Crippen LogP contribution in [0.4, 0.5) is 0 Å². The minimum atomic E-state index is -0.494. The fourth-order valence-electron chi connectivity index (χ4n) is 3.17. The molecule has 2 rings (SSSR count). The van der Waals surface area contributed by atoms with Crippen LogP contribution in [0.25, 0.3) is 0 Å². The highest BCUT2D eigenvalue weighted by molar-refractivity contribution is 6.30. The second kappa shape index (κ2) is 8.67. The van der Waals surface area contributed by atoms with Crippen molar-refractivity contribution >= 4 is 17.5 Å². The Hall–Kier alpha value is -1.10. The maximum absolute atomic E-state index is 12.9. The van der Waals surface area contributed by atoms with E-state index in [4.69, 9.17) is 16.3 Å². The van der Waals surface area contributed by atoms with Gasteiger partial charge in [-0.05, 0) is 43.6 Å². The smallest absolute Gasteiger partial charge is 0.230 e. The molecule has 1 saturated heterocycles. The fourth-order valence-corrected chi connectivity index (χ4v) is 3.30. The molecule has 128 valence electrons. The van der Waals surface area contributed by atoms with Gasteiger partial charge in [0.15, 0.2) is 0 Å². The summed E-state index contributed by atoms with van der Waals surface area (Å²) in [6.07, 6.45) is 1.43. The zero-order valence-corrected chi connectivity index (χ0v) is 14.9. The Morgan fingerprint density at radius 3 is 2.39 bits per heavy atom. The van der Waals surface area contributed by atoms with E-state index >= 15 is 0 Å². The fraction of sp³-hybridized carbons (Fsp3) is 0.611. The Morgan fingerprint density at radius 2 is 1.83 bits per heavy atom. The van der Waals surface area contributed by atoms with Gasteiger partial charge in [0.1, 0.15) is 0 Å². The number of rotatable bonds is 7. The average Bonchev–Trinajstić information content (AvgIpc) is 2.59. The predicted octanol–water partition coefficient (Wildman–Crippen LogP) is 2.85. The lowest BCUT2D eigenvalue weighted by molar-refractivity contribution is -0.130. The molecule has 1 aliphatic rings. The molecule has 0 aromatic heterocycles. The Morgan fingerprint density at radius 1 is 1.22 bits per heavy atom. The van der Waals surface area contributed by atoms with Crippen molar-refractivity contribution in [2.45, 2.75) is 32.1 Å². The van der Waals surface area contributed by atoms with Crippen molar-refractivity contribution in [3.05, 3.63) is 34.9 Å². The molecule has 1 aromatic rings. The molecule has 0 saturated carbocycles. The first-order valence-electron chi connectivity index (χ1n) is 8.47. The summed E-state index contributed by atoms with van der Waals surface area (Å²) in [7, 11) is 0. The van der Waals surface area contributed by atoms with E-state index in [1.807, 2.05) is 24.3 Å². The molecule has 1 aliphatic heterocycles. The van der Waals surface area contributed by atoms with Crippen molar-refractivity contribution in [2.75, 3.05) is 39.4 Å². The van der Waals surface area contributed by atoms with Gasteiger partial charge in [-0.1, -0.05) is 37.6 Å². The summed E-state index contributed by atoms with van der Waals surface area (Å²) in [6, 6.07) is 7.66. The van der Waals surface area contributed by atoms with Crippen LogP contribution in [0.1, 0.15) is 32.3 Å². The maximum atomic E-state index is 12.9. The summed E-state index contributed by atoms with van der Waals surface area (Å²) in [5.74, 6) is 0.107. The van der Waals surface area contributed by atoms with Gasteiger partial charge in [0.05, 0.1) is 5.41 Å². The van der Waals surface area contributed by atoms with E-state index in [1.165, 1.54) is 0 Å². The molecule has 0 atom stereocenters. The van der Waals surface area contributed by atoms with Crippen molar-refractivity contribution in [3.63, 3.8) is 0 Å². The Bertz CT molecular complexity index is 494. The number of ether oxygens (including phenoxy) is 1. The highest BCUT2D eigenvalue weighted by atomic mass is 35.5. The quantitative estimate of drug-likeness (QED) is 0.831. The third kappa shape index (κ3) is 4.46. The van der Waals surface area contributed by atoms with Gasteiger partial charge in [-0.25, -0.2) is 0 Å². The van der Waals surface area contributed by atoms with Gasteiger partial charge in [-0.2, -0.15) is 0 Å². The zero-order valence-electron chi connectivity index (χ0n) is 14.1. The number of hydrogen-bond donors (Lipinski definition) is 1. The van der Waals surface area contributed by atoms with Crippen LogP contribution in [0.5, 0.6) is 0 Å². The molecule has 0 unspecified atom stereocenters. The molecule has 5 heteroatoms. The molecule has 23 heavy (non-hydrogen) atoms. The van der Waals surface area contributed by atoms with Crippen LogP contribution >= 0.6 is 11.6 Å². The molecule has 0 spiro atoms. The van der Waals surface area contributed by atoms with Crippen molar-refractivity contribution in [3.8, 4) is 0 Å². The van der Waals surface area contributed by atoms with E-state index < -0.39 is 5.41 Å². The first-order valence-corrected chi connectivity index (χ1v) is 8.84. The van der Waals surface area contributed by atoms with Gasteiger partial charge in [-0.15, -0.1) is 0 Å². The van der Waals surface area contributed by atoms with E-state index in [2.05, 4.69) is 24.1 Å². The number of benzene rings is 1. The monoisotopic (exact) mass is 338 g/mol. The number of nitrogens with zero attached hydrogens (tertiary/aromatic N) is 1. The van der Waals surface area contributed by atoms with E-state index in [9.17, 15) is 4.79 Å². The summed E-state index contributed by atoms with van der Waals surface area (Å²) in [5.41, 5.74) is 0.539. The molecule has 1 aromatic carbocycles. The highest BCUT2D eigenvalue weighted by Crippen LogP contribution is 2.35. The lowest BCUT2D eigenvalue weighted by Gasteiger charge is -2.36. The third-order valence-corrected chi connectivity index (χ3v) is 5.04. The maximum Gasteiger partial charge on any atom is 0.230 e. The van der Waals surface area contributed by atoms with Crippen molar-refractivity contribution in [1.82, 2.24) is 10.2 Å². The van der Waals surface area contributed by atoms with Crippen LogP contribution in [-0.4, -0.2) is 50.2 Å². The minimum Gasteiger partial charge on any atom is -0.381 e. The number of nitrogens with one attached hydrogen (secondary N) is 1. The number of carbonyl (C=O) groups is 1. The lowest BCUT2D eigenvalue weighted by atomic mass is 9.73. The second-order valence-electron chi connectivity index (χ2n) is 5.98. The number of hydrogen-bond acceptors (Lipinski definition) is 3. The Kier molecular flexibility index (Phi) is 6.88. The highest BCUT2D eigenvalue weighted by Gasteiger charge is 2.41. The molecule has 0 aliphatic carbocycles. The normalized spacial score (nSPS) is 17.2. The van der Waals surface area contributed by atoms with Crippen molar-refractivity contribution < 1.29 is 9.53 Å². The van der Waals surface area contributed by atoms with Crippen LogP contribution in [0, 0.1) is 0 Å². The largest absolute Gasteiger partial charge is 0.381 e. The molecule has 4 nitrogen and oxygen atoms in total. The first-order chi connectivity index (χ1) is 11.1. The average molecular weight is 339 g/mol. The van der Waals surface area contributed by atoms with E-state index in [0.717, 1.165) is 25.2 Å². The van der Waals surface area contributed by atoms with Crippen molar-refractivity contribution in [1.29, 1.82) is 0 Å². The van der Waals surface area contributed by atoms with E-state index in [0.29, 0.717) is 37.6 Å². The lowest BCUT2D eigenvalue weighted by Crippen LogP contribution is -2.49. The predicted molar refractivity (Wildman–Crippen MR) is 94.0 cm³/mol. The molecule has 1 N–H and O–H groups in total. The van der Waals surface area contributed by atoms with E-state index in [1.54, 1.807) is 0 Å².